The van der Waals surface area contributed by atoms with Crippen LogP contribution in [0.1, 0.15) is 10.4 Å². The number of halogens is 1. The molecular formula is C21H13ClN4O5. The van der Waals surface area contributed by atoms with Crippen LogP contribution >= 0.6 is 11.6 Å². The first-order chi connectivity index (χ1) is 14.9. The number of carbonyl (C=O) groups is 1. The van der Waals surface area contributed by atoms with Gasteiger partial charge in [0.05, 0.1) is 15.3 Å². The van der Waals surface area contributed by atoms with Crippen LogP contribution in [0.2, 0.25) is 5.02 Å². The van der Waals surface area contributed by atoms with E-state index >= 15 is 0 Å². The maximum atomic E-state index is 12.6. The first-order valence-electron chi connectivity index (χ1n) is 9.00. The average Bonchev–Trinajstić information content (AvgIpc) is 2.77. The smallest absolute Gasteiger partial charge is 0.313 e. The molecule has 0 saturated carbocycles. The minimum atomic E-state index is -0.596. The molecule has 0 saturated heterocycles. The Balaban J connectivity index is 1.54. The minimum Gasteiger partial charge on any atom is -0.449 e. The Kier molecular flexibility index (Phi) is 5.42. The molecule has 4 rings (SSSR count). The number of ketones is 1. The number of carbonyl (C=O) groups excluding carboxylic acids is 1. The summed E-state index contributed by atoms with van der Waals surface area (Å²) in [6, 6.07) is 16.9. The van der Waals surface area contributed by atoms with E-state index < -0.39 is 10.5 Å². The number of aromatic nitrogens is 3. The number of nitrogens with zero attached hydrogens (tertiary/aromatic N) is 4. The summed E-state index contributed by atoms with van der Waals surface area (Å²) >= 11 is 6.02. The van der Waals surface area contributed by atoms with Crippen LogP contribution in [-0.4, -0.2) is 25.7 Å². The summed E-state index contributed by atoms with van der Waals surface area (Å²) in [5, 5.41) is 19.4. The quantitative estimate of drug-likeness (QED) is 0.254. The number of ether oxygens (including phenoxy) is 1. The molecule has 154 valence electrons. The molecule has 3 aromatic carbocycles. The van der Waals surface area contributed by atoms with Gasteiger partial charge in [0.2, 0.25) is 5.75 Å². The average molecular weight is 437 g/mol. The number of para-hydroxylation sites is 1. The Bertz CT molecular complexity index is 1370. The third-order valence-electron chi connectivity index (χ3n) is 4.46. The highest BCUT2D eigenvalue weighted by atomic mass is 35.5. The molecule has 31 heavy (non-hydrogen) atoms. The SMILES string of the molecule is O=C(Cn1nnc2ccccc2c1=O)c1ccc(Oc2c(Cl)cccc2[N+](=O)[O-])cc1. The fraction of sp³-hybridized carbons (Fsp3) is 0.0476. The first kappa shape index (κ1) is 20.2. The van der Waals surface area contributed by atoms with Crippen molar-refractivity contribution in [2.24, 2.45) is 0 Å². The molecule has 0 aliphatic rings. The van der Waals surface area contributed by atoms with E-state index in [9.17, 15) is 19.7 Å². The van der Waals surface area contributed by atoms with Crippen LogP contribution in [0.4, 0.5) is 5.69 Å². The molecular weight excluding hydrogens is 424 g/mol. The first-order valence-corrected chi connectivity index (χ1v) is 9.38. The van der Waals surface area contributed by atoms with Gasteiger partial charge in [-0.1, -0.05) is 35.0 Å². The topological polar surface area (TPSA) is 117 Å². The van der Waals surface area contributed by atoms with Crippen LogP contribution in [0.5, 0.6) is 11.5 Å². The Morgan fingerprint density at radius 1 is 1.06 bits per heavy atom. The summed E-state index contributed by atoms with van der Waals surface area (Å²) in [6.45, 7) is -0.285. The highest BCUT2D eigenvalue weighted by molar-refractivity contribution is 6.32. The zero-order valence-electron chi connectivity index (χ0n) is 15.8. The summed E-state index contributed by atoms with van der Waals surface area (Å²) < 4.78 is 6.56. The minimum absolute atomic E-state index is 0.0867. The highest BCUT2D eigenvalue weighted by Crippen LogP contribution is 2.37. The molecule has 0 bridgehead atoms. The molecule has 9 nitrogen and oxygen atoms in total. The summed E-state index contributed by atoms with van der Waals surface area (Å²) in [7, 11) is 0. The number of rotatable bonds is 6. The Morgan fingerprint density at radius 3 is 2.55 bits per heavy atom. The lowest BCUT2D eigenvalue weighted by molar-refractivity contribution is -0.385. The lowest BCUT2D eigenvalue weighted by Gasteiger charge is -2.09. The largest absolute Gasteiger partial charge is 0.449 e. The Labute approximate surface area is 179 Å². The number of Topliss-reactive ketones (excluding diaryl/α,β-unsaturated/α-hetero) is 1. The standard InChI is InChI=1S/C21H13ClN4O5/c22-16-5-3-7-18(26(29)30)20(16)31-14-10-8-13(9-11-14)19(27)12-25-21(28)15-4-1-2-6-17(15)23-24-25/h1-11H,12H2. The zero-order valence-corrected chi connectivity index (χ0v) is 16.5. The van der Waals surface area contributed by atoms with Gasteiger partial charge in [0.15, 0.2) is 5.78 Å². The van der Waals surface area contributed by atoms with E-state index in [1.807, 2.05) is 0 Å². The molecule has 0 unspecified atom stereocenters. The van der Waals surface area contributed by atoms with Crippen molar-refractivity contribution in [1.29, 1.82) is 0 Å². The van der Waals surface area contributed by atoms with Crippen LogP contribution in [0, 0.1) is 10.1 Å². The van der Waals surface area contributed by atoms with Gasteiger partial charge in [0.25, 0.3) is 5.56 Å². The fourth-order valence-corrected chi connectivity index (χ4v) is 3.13. The van der Waals surface area contributed by atoms with Crippen molar-refractivity contribution in [1.82, 2.24) is 15.0 Å². The van der Waals surface area contributed by atoms with E-state index in [1.165, 1.54) is 42.5 Å². The fourth-order valence-electron chi connectivity index (χ4n) is 2.92. The van der Waals surface area contributed by atoms with Crippen molar-refractivity contribution < 1.29 is 14.5 Å². The summed E-state index contributed by atoms with van der Waals surface area (Å²) in [4.78, 5) is 35.7. The molecule has 0 amide bonds. The number of nitro groups is 1. The molecule has 4 aromatic rings. The highest BCUT2D eigenvalue weighted by Gasteiger charge is 2.19. The number of nitro benzene ring substituents is 1. The molecule has 1 aromatic heterocycles. The van der Waals surface area contributed by atoms with Crippen molar-refractivity contribution in [3.05, 3.63) is 97.8 Å². The monoisotopic (exact) mass is 436 g/mol. The van der Waals surface area contributed by atoms with E-state index in [1.54, 1.807) is 24.3 Å². The lowest BCUT2D eigenvalue weighted by atomic mass is 10.1. The molecule has 0 aliphatic heterocycles. The van der Waals surface area contributed by atoms with E-state index in [2.05, 4.69) is 10.3 Å². The second-order valence-electron chi connectivity index (χ2n) is 6.46. The number of hydrogen-bond donors (Lipinski definition) is 0. The number of fused-ring (bicyclic) bond motifs is 1. The van der Waals surface area contributed by atoms with Gasteiger partial charge < -0.3 is 4.74 Å². The van der Waals surface area contributed by atoms with Gasteiger partial charge >= 0.3 is 5.69 Å². The number of benzene rings is 3. The van der Waals surface area contributed by atoms with Gasteiger partial charge in [-0.15, -0.1) is 5.10 Å². The van der Waals surface area contributed by atoms with Crippen molar-refractivity contribution in [3.8, 4) is 11.5 Å². The van der Waals surface area contributed by atoms with Gasteiger partial charge in [0, 0.05) is 11.6 Å². The van der Waals surface area contributed by atoms with Crippen molar-refractivity contribution in [2.45, 2.75) is 6.54 Å². The van der Waals surface area contributed by atoms with Crippen molar-refractivity contribution in [3.63, 3.8) is 0 Å². The predicted molar refractivity (Wildman–Crippen MR) is 113 cm³/mol. The summed E-state index contributed by atoms with van der Waals surface area (Å²) in [6.07, 6.45) is 0. The van der Waals surface area contributed by atoms with Crippen LogP contribution in [0.15, 0.2) is 71.5 Å². The second-order valence-corrected chi connectivity index (χ2v) is 6.87. The van der Waals surface area contributed by atoms with Crippen LogP contribution in [-0.2, 0) is 6.54 Å². The Morgan fingerprint density at radius 2 is 1.81 bits per heavy atom. The van der Waals surface area contributed by atoms with Crippen molar-refractivity contribution >= 4 is 34.0 Å². The van der Waals surface area contributed by atoms with Crippen LogP contribution in [0.25, 0.3) is 10.9 Å². The van der Waals surface area contributed by atoms with Gasteiger partial charge in [0.1, 0.15) is 17.8 Å². The zero-order chi connectivity index (χ0) is 22.0. The summed E-state index contributed by atoms with van der Waals surface area (Å²) in [5.74, 6) is -0.191. The third kappa shape index (κ3) is 4.12. The van der Waals surface area contributed by atoms with Gasteiger partial charge in [-0.25, -0.2) is 4.68 Å². The third-order valence-corrected chi connectivity index (χ3v) is 4.76. The van der Waals surface area contributed by atoms with E-state index in [0.717, 1.165) is 4.68 Å². The predicted octanol–water partition coefficient (Wildman–Crippen LogP) is 4.03. The van der Waals surface area contributed by atoms with E-state index in [-0.39, 0.29) is 34.5 Å². The van der Waals surface area contributed by atoms with E-state index in [0.29, 0.717) is 16.5 Å². The van der Waals surface area contributed by atoms with E-state index in [4.69, 9.17) is 16.3 Å². The lowest BCUT2D eigenvalue weighted by Crippen LogP contribution is -2.27. The summed E-state index contributed by atoms with van der Waals surface area (Å²) in [5.41, 5.74) is 0.0704. The normalized spacial score (nSPS) is 10.7. The van der Waals surface area contributed by atoms with Gasteiger partial charge in [-0.05, 0) is 42.5 Å². The molecule has 0 N–H and O–H groups in total. The molecule has 10 heteroatoms. The molecule has 0 atom stereocenters. The number of hydrogen-bond acceptors (Lipinski definition) is 7. The molecule has 0 fully saturated rings. The molecule has 0 radical (unpaired) electrons. The van der Waals surface area contributed by atoms with Crippen LogP contribution in [0.3, 0.4) is 0 Å². The molecule has 0 aliphatic carbocycles. The molecule has 0 spiro atoms. The van der Waals surface area contributed by atoms with Gasteiger partial charge in [-0.3, -0.25) is 19.7 Å². The maximum absolute atomic E-state index is 12.6. The van der Waals surface area contributed by atoms with Crippen molar-refractivity contribution in [2.75, 3.05) is 0 Å². The van der Waals surface area contributed by atoms with Gasteiger partial charge in [-0.2, -0.15) is 0 Å². The second kappa shape index (κ2) is 8.33. The Hall–Kier alpha value is -4.11. The van der Waals surface area contributed by atoms with Crippen LogP contribution < -0.4 is 10.3 Å². The molecule has 1 heterocycles. The maximum Gasteiger partial charge on any atom is 0.313 e.